The Kier molecular flexibility index (Phi) is 29.8. The summed E-state index contributed by atoms with van der Waals surface area (Å²) >= 11 is 0. The van der Waals surface area contributed by atoms with Gasteiger partial charge in [0.2, 0.25) is 34.5 Å². The van der Waals surface area contributed by atoms with Gasteiger partial charge in [0.05, 0.1) is 94.0 Å². The van der Waals surface area contributed by atoms with Gasteiger partial charge in [-0.1, -0.05) is 44.9 Å². The molecule has 0 saturated carbocycles. The molecule has 0 amide bonds. The predicted octanol–water partition coefficient (Wildman–Crippen LogP) is 21.9. The molecule has 0 unspecified atom stereocenters. The highest BCUT2D eigenvalue weighted by atomic mass is 19.1. The number of ketones is 4. The van der Waals surface area contributed by atoms with Crippen LogP contribution in [0.25, 0.3) is 68.9 Å². The fourth-order valence-electron chi connectivity index (χ4n) is 16.3. The Morgan fingerprint density at radius 3 is 0.947 bits per heavy atom. The van der Waals surface area contributed by atoms with E-state index >= 15 is 0 Å². The van der Waals surface area contributed by atoms with Crippen LogP contribution in [0.15, 0.2) is 211 Å². The number of halogens is 4. The smallest absolute Gasteiger partial charge is 0.202 e. The summed E-state index contributed by atoms with van der Waals surface area (Å²) in [6.45, 7) is 7.86. The zero-order valence-electron chi connectivity index (χ0n) is 73.9. The highest BCUT2D eigenvalue weighted by Gasteiger charge is 2.32. The van der Waals surface area contributed by atoms with Crippen LogP contribution in [-0.4, -0.2) is 121 Å². The van der Waals surface area contributed by atoms with Crippen molar-refractivity contribution in [2.24, 2.45) is 0 Å². The summed E-state index contributed by atoms with van der Waals surface area (Å²) in [6.07, 6.45) is 18.8. The van der Waals surface area contributed by atoms with Crippen molar-refractivity contribution in [2.75, 3.05) is 56.9 Å². The van der Waals surface area contributed by atoms with Gasteiger partial charge in [-0.2, -0.15) is 0 Å². The summed E-state index contributed by atoms with van der Waals surface area (Å²) in [5.74, 6) is 1.37. The first kappa shape index (κ1) is 93.2. The molecule has 12 aromatic rings. The Hall–Kier alpha value is -15.5. The van der Waals surface area contributed by atoms with Gasteiger partial charge >= 0.3 is 0 Å². The molecule has 24 nitrogen and oxygen atoms in total. The van der Waals surface area contributed by atoms with E-state index in [-0.39, 0.29) is 112 Å². The zero-order valence-corrected chi connectivity index (χ0v) is 73.9. The third-order valence-electron chi connectivity index (χ3n) is 23.0. The Morgan fingerprint density at radius 1 is 0.351 bits per heavy atom. The van der Waals surface area contributed by atoms with Gasteiger partial charge in [-0.3, -0.25) is 19.2 Å². The van der Waals surface area contributed by atoms with Crippen LogP contribution in [0.1, 0.15) is 173 Å². The third kappa shape index (κ3) is 21.4. The molecule has 0 spiro atoms. The number of aromatic nitrogens is 4. The van der Waals surface area contributed by atoms with Crippen molar-refractivity contribution < 1.29 is 113 Å². The number of nitrogens with zero attached hydrogens (tertiary/aromatic N) is 4. The van der Waals surface area contributed by atoms with Gasteiger partial charge in [-0.25, -0.2) is 17.6 Å². The van der Waals surface area contributed by atoms with Crippen LogP contribution >= 0.6 is 0 Å². The lowest BCUT2D eigenvalue weighted by molar-refractivity contribution is -0.119. The molecule has 0 saturated heterocycles. The molecule has 0 bridgehead atoms. The topological polar surface area (TPSA) is 327 Å². The number of carbonyl (C=O) groups is 4. The van der Waals surface area contributed by atoms with Crippen molar-refractivity contribution in [1.82, 2.24) is 20.6 Å². The summed E-state index contributed by atoms with van der Waals surface area (Å²) in [6, 6.07) is 37.2. The quantitative estimate of drug-likeness (QED) is 0.0232. The van der Waals surface area contributed by atoms with Crippen molar-refractivity contribution in [3.63, 3.8) is 0 Å². The molecule has 674 valence electrons. The number of allylic oxidation sites excluding steroid dienone is 12. The number of rotatable bonds is 31. The number of aromatic hydroxyl groups is 4. The molecule has 0 atom stereocenters. The van der Waals surface area contributed by atoms with Crippen molar-refractivity contribution in [2.45, 2.75) is 98.3 Å². The van der Waals surface area contributed by atoms with E-state index < -0.39 is 0 Å². The minimum absolute atomic E-state index is 0.0236. The van der Waals surface area contributed by atoms with E-state index in [2.05, 4.69) is 20.6 Å². The zero-order chi connectivity index (χ0) is 93.4. The number of fused-ring (bicyclic) bond motifs is 4. The number of carbonyl (C=O) groups excluding carboxylic acids is 4. The maximum Gasteiger partial charge on any atom is 0.202 e. The molecule has 0 aliphatic heterocycles. The molecule has 131 heavy (non-hydrogen) atoms. The monoisotopic (exact) mass is 1780 g/mol. The van der Waals surface area contributed by atoms with Crippen LogP contribution in [-0.2, 0) is 33.6 Å². The van der Waals surface area contributed by atoms with E-state index in [0.29, 0.717) is 90.9 Å². The van der Waals surface area contributed by atoms with Crippen molar-refractivity contribution in [1.29, 1.82) is 0 Å². The number of hydrogen-bond acceptors (Lipinski definition) is 24. The minimum Gasteiger partial charge on any atom is -0.502 e. The average molecular weight is 1780 g/mol. The van der Waals surface area contributed by atoms with E-state index in [1.807, 2.05) is 52.0 Å². The molecular weight excluding hydrogens is 1690 g/mol. The minimum atomic E-state index is -0.343. The fourth-order valence-corrected chi connectivity index (χ4v) is 16.3. The van der Waals surface area contributed by atoms with Crippen LogP contribution < -0.4 is 37.9 Å². The molecule has 4 aliphatic rings. The molecular formula is C103H94F4N4O20. The number of phenolic OH excluding ortho intramolecular Hbond substituents is 4. The van der Waals surface area contributed by atoms with E-state index in [1.165, 1.54) is 143 Å². The number of ether oxygens (including phenoxy) is 8. The molecule has 0 radical (unpaired) electrons. The van der Waals surface area contributed by atoms with E-state index in [9.17, 15) is 57.2 Å². The Balaban J connectivity index is 0.000000149. The highest BCUT2D eigenvalue weighted by molar-refractivity contribution is 6.10. The standard InChI is InChI=1S/3C26H24FNO5.C25H22FNO5/c1-15-20(7-5-19(29)8-17-13-28-33-14-17)23-12-18(27)4-6-21(23)22(15)9-16-10-24(31-2)26(30)25(11-16)32-3;1-15-20(7-5-19(29)14-18-8-9-33-28-18)23-13-17(27)4-6-21(23)22(15)10-16-11-24(31-2)26(30)25(12-16)32-3;1-15-20(7-5-18(29)14-19-8-9-28-33-19)23-13-17(27)4-6-21(23)22(15)10-16-11-24(31-2)26(30)25(12-16)32-3;1-14-17(6-7-21(28)22-8-9-27-32-22)20-13-16(26)4-5-18(20)19(14)10-15-11-23(30-2)25(29)24(12-15)31-3/h4,6,9-14,30H,5,7-8H2,1-3H3;2*4,6,8-13,30H,5,7,14H2,1-3H3;4-5,8-13,29H,6-7H2,1-3H3. The van der Waals surface area contributed by atoms with Crippen LogP contribution in [0.4, 0.5) is 17.6 Å². The second kappa shape index (κ2) is 42.0. The molecule has 4 aromatic heterocycles. The molecule has 4 aliphatic carbocycles. The molecule has 16 rings (SSSR count). The van der Waals surface area contributed by atoms with Gasteiger partial charge in [-0.05, 0) is 308 Å². The maximum atomic E-state index is 14.1. The first-order valence-electron chi connectivity index (χ1n) is 41.5. The Labute approximate surface area is 751 Å². The Morgan fingerprint density at radius 2 is 0.664 bits per heavy atom. The van der Waals surface area contributed by atoms with Crippen LogP contribution in [0.5, 0.6) is 69.0 Å². The number of phenols is 4. The van der Waals surface area contributed by atoms with Gasteiger partial charge in [0.15, 0.2) is 46.0 Å². The van der Waals surface area contributed by atoms with Gasteiger partial charge < -0.3 is 76.4 Å². The number of methoxy groups -OCH3 is 8. The molecule has 4 heterocycles. The van der Waals surface area contributed by atoms with Crippen molar-refractivity contribution in [3.05, 3.63) is 306 Å². The molecule has 8 aromatic carbocycles. The van der Waals surface area contributed by atoms with Crippen LogP contribution in [0, 0.1) is 23.3 Å². The second-order valence-electron chi connectivity index (χ2n) is 31.0. The number of benzene rings is 8. The third-order valence-corrected chi connectivity index (χ3v) is 23.0. The molecule has 28 heteroatoms. The van der Waals surface area contributed by atoms with Crippen molar-refractivity contribution >= 4 is 92.0 Å². The maximum absolute atomic E-state index is 14.1. The molecule has 0 fully saturated rings. The second-order valence-corrected chi connectivity index (χ2v) is 31.0. The number of hydrogen-bond donors (Lipinski definition) is 4. The van der Waals surface area contributed by atoms with Crippen LogP contribution in [0.3, 0.4) is 0 Å². The van der Waals surface area contributed by atoms with E-state index in [1.54, 1.807) is 84.9 Å². The van der Waals surface area contributed by atoms with Crippen molar-refractivity contribution in [3.8, 4) is 69.0 Å². The number of Topliss-reactive ketones (excluding diaryl/α,β-unsaturated/α-hetero) is 4. The average Bonchev–Trinajstić information content (AvgIpc) is 1.63. The first-order chi connectivity index (χ1) is 63.1. The first-order valence-corrected chi connectivity index (χ1v) is 41.5. The summed E-state index contributed by atoms with van der Waals surface area (Å²) in [4.78, 5) is 49.8. The largest absolute Gasteiger partial charge is 0.502 e. The van der Waals surface area contributed by atoms with Gasteiger partial charge in [-0.15, -0.1) is 0 Å². The summed E-state index contributed by atoms with van der Waals surface area (Å²) in [5.41, 5.74) is 22.2. The predicted molar refractivity (Wildman–Crippen MR) is 486 cm³/mol. The van der Waals surface area contributed by atoms with Gasteiger partial charge in [0.1, 0.15) is 58.9 Å². The molecule has 4 N–H and O–H groups in total. The van der Waals surface area contributed by atoms with Gasteiger partial charge in [0, 0.05) is 55.9 Å². The highest BCUT2D eigenvalue weighted by Crippen LogP contribution is 2.52. The normalized spacial score (nSPS) is 14.0. The lowest BCUT2D eigenvalue weighted by Crippen LogP contribution is -2.03. The fraction of sp³-hybridized carbons (Fsp3) is 0.223. The lowest BCUT2D eigenvalue weighted by Gasteiger charge is -2.11. The van der Waals surface area contributed by atoms with E-state index in [4.69, 9.17) is 56.0 Å². The Bertz CT molecular complexity index is 6020. The lowest BCUT2D eigenvalue weighted by atomic mass is 9.98. The van der Waals surface area contributed by atoms with Gasteiger partial charge in [0.25, 0.3) is 0 Å². The summed E-state index contributed by atoms with van der Waals surface area (Å²) in [7, 11) is 11.8. The van der Waals surface area contributed by atoms with E-state index in [0.717, 1.165) is 139 Å². The SMILES string of the molecule is COc1cc(C=C2C(C)=C(CCC(=O)Cc3ccno3)c3cc(F)ccc32)cc(OC)c1O.COc1cc(C=C2C(C)=C(CCC(=O)Cc3ccon3)c3cc(F)ccc32)cc(OC)c1O.COc1cc(C=C2C(C)=C(CCC(=O)Cc3cnoc3)c3cc(F)ccc32)cc(OC)c1O.COc1cc(C=C2C(C)=C(CCC(=O)c3ccno3)c3cc(F)ccc32)cc(OC)c1O. The van der Waals surface area contributed by atoms with Crippen LogP contribution in [0.2, 0.25) is 0 Å². The summed E-state index contributed by atoms with van der Waals surface area (Å²) in [5, 5.41) is 55.4. The summed E-state index contributed by atoms with van der Waals surface area (Å²) < 4.78 is 118.